The maximum atomic E-state index is 6.55. The smallest absolute Gasteiger partial charge is 0.231 e. The van der Waals surface area contributed by atoms with E-state index < -0.39 is 0 Å². The summed E-state index contributed by atoms with van der Waals surface area (Å²) in [6, 6.07) is 2.03. The predicted molar refractivity (Wildman–Crippen MR) is 71.5 cm³/mol. The van der Waals surface area contributed by atoms with Gasteiger partial charge >= 0.3 is 0 Å². The van der Waals surface area contributed by atoms with Gasteiger partial charge in [-0.1, -0.05) is 24.4 Å². The Kier molecular flexibility index (Phi) is 2.91. The van der Waals surface area contributed by atoms with E-state index in [9.17, 15) is 0 Å². The van der Waals surface area contributed by atoms with E-state index in [4.69, 9.17) is 26.8 Å². The fourth-order valence-corrected chi connectivity index (χ4v) is 3.88. The second kappa shape index (κ2) is 4.32. The highest BCUT2D eigenvalue weighted by atomic mass is 35.5. The summed E-state index contributed by atoms with van der Waals surface area (Å²) in [5.74, 6) is 1.45. The molecule has 1 aromatic rings. The topological polar surface area (TPSA) is 44.5 Å². The maximum absolute atomic E-state index is 6.55. The van der Waals surface area contributed by atoms with Gasteiger partial charge in [0, 0.05) is 12.0 Å². The first-order valence-corrected chi connectivity index (χ1v) is 6.85. The number of ether oxygens (including phenoxy) is 2. The summed E-state index contributed by atoms with van der Waals surface area (Å²) in [6.45, 7) is 2.99. The molecule has 98 valence electrons. The normalized spacial score (nSPS) is 20.4. The van der Waals surface area contributed by atoms with Crippen LogP contribution in [0.5, 0.6) is 11.5 Å². The van der Waals surface area contributed by atoms with E-state index in [1.54, 1.807) is 0 Å². The van der Waals surface area contributed by atoms with Crippen molar-refractivity contribution in [3.05, 3.63) is 22.2 Å². The third-order valence-corrected chi connectivity index (χ3v) is 4.64. The second-order valence-corrected chi connectivity index (χ2v) is 5.69. The van der Waals surface area contributed by atoms with Crippen LogP contribution in [0.2, 0.25) is 5.02 Å². The van der Waals surface area contributed by atoms with Crippen molar-refractivity contribution in [2.75, 3.05) is 13.3 Å². The van der Waals surface area contributed by atoms with Crippen LogP contribution in [-0.4, -0.2) is 13.3 Å². The molecule has 0 atom stereocenters. The molecule has 0 unspecified atom stereocenters. The third-order valence-electron chi connectivity index (χ3n) is 4.28. The van der Waals surface area contributed by atoms with Crippen LogP contribution < -0.4 is 15.2 Å². The largest absolute Gasteiger partial charge is 0.454 e. The minimum atomic E-state index is 0.0299. The molecule has 1 aliphatic heterocycles. The van der Waals surface area contributed by atoms with Crippen molar-refractivity contribution in [1.82, 2.24) is 0 Å². The minimum absolute atomic E-state index is 0.0299. The molecular formula is C14H18ClNO2. The zero-order valence-electron chi connectivity index (χ0n) is 10.6. The van der Waals surface area contributed by atoms with Gasteiger partial charge in [-0.15, -0.1) is 0 Å². The quantitative estimate of drug-likeness (QED) is 0.895. The van der Waals surface area contributed by atoms with Gasteiger partial charge in [-0.3, -0.25) is 0 Å². The highest BCUT2D eigenvalue weighted by Crippen LogP contribution is 2.50. The highest BCUT2D eigenvalue weighted by Gasteiger charge is 2.39. The van der Waals surface area contributed by atoms with Crippen LogP contribution in [-0.2, 0) is 5.41 Å². The number of hydrogen-bond donors (Lipinski definition) is 1. The molecular weight excluding hydrogens is 250 g/mol. The Hall–Kier alpha value is -0.930. The number of hydrogen-bond acceptors (Lipinski definition) is 3. The molecule has 1 heterocycles. The molecule has 0 bridgehead atoms. The number of nitrogens with two attached hydrogens (primary N) is 1. The molecule has 0 radical (unpaired) electrons. The average Bonchev–Trinajstić information content (AvgIpc) is 2.98. The molecule has 0 saturated heterocycles. The van der Waals surface area contributed by atoms with Crippen LogP contribution in [0, 0.1) is 6.92 Å². The van der Waals surface area contributed by atoms with Crippen LogP contribution in [0.15, 0.2) is 6.07 Å². The molecule has 0 spiro atoms. The van der Waals surface area contributed by atoms with Crippen molar-refractivity contribution in [2.45, 2.75) is 38.0 Å². The van der Waals surface area contributed by atoms with E-state index in [1.807, 2.05) is 6.07 Å². The lowest BCUT2D eigenvalue weighted by molar-refractivity contribution is 0.174. The van der Waals surface area contributed by atoms with Gasteiger partial charge in [0.15, 0.2) is 11.5 Å². The van der Waals surface area contributed by atoms with Crippen LogP contribution in [0.1, 0.15) is 36.8 Å². The first kappa shape index (κ1) is 12.1. The van der Waals surface area contributed by atoms with E-state index in [1.165, 1.54) is 18.4 Å². The number of rotatable bonds is 2. The SMILES string of the molecule is Cc1cc2c(c(Cl)c1C1(CN)CCCC1)OCO2. The van der Waals surface area contributed by atoms with E-state index in [-0.39, 0.29) is 12.2 Å². The Labute approximate surface area is 112 Å². The lowest BCUT2D eigenvalue weighted by Gasteiger charge is -2.31. The van der Waals surface area contributed by atoms with Gasteiger partial charge < -0.3 is 15.2 Å². The molecule has 0 amide bonds. The Bertz CT molecular complexity index is 481. The monoisotopic (exact) mass is 267 g/mol. The van der Waals surface area contributed by atoms with Crippen LogP contribution >= 0.6 is 11.6 Å². The second-order valence-electron chi connectivity index (χ2n) is 5.31. The van der Waals surface area contributed by atoms with Crippen molar-refractivity contribution < 1.29 is 9.47 Å². The lowest BCUT2D eigenvalue weighted by atomic mass is 9.76. The summed E-state index contributed by atoms with van der Waals surface area (Å²) in [5.41, 5.74) is 8.42. The molecule has 3 nitrogen and oxygen atoms in total. The summed E-state index contributed by atoms with van der Waals surface area (Å²) < 4.78 is 10.9. The number of halogens is 1. The molecule has 1 fully saturated rings. The van der Waals surface area contributed by atoms with Gasteiger partial charge in [-0.2, -0.15) is 0 Å². The summed E-state index contributed by atoms with van der Waals surface area (Å²) in [6.07, 6.45) is 4.68. The zero-order valence-corrected chi connectivity index (χ0v) is 11.3. The first-order chi connectivity index (χ1) is 8.68. The van der Waals surface area contributed by atoms with Crippen LogP contribution in [0.4, 0.5) is 0 Å². The average molecular weight is 268 g/mol. The van der Waals surface area contributed by atoms with Crippen molar-refractivity contribution in [3.63, 3.8) is 0 Å². The molecule has 4 heteroatoms. The molecule has 0 aromatic heterocycles. The molecule has 1 aliphatic carbocycles. The van der Waals surface area contributed by atoms with Gasteiger partial charge in [0.05, 0.1) is 5.02 Å². The lowest BCUT2D eigenvalue weighted by Crippen LogP contribution is -2.33. The number of fused-ring (bicyclic) bond motifs is 1. The Morgan fingerprint density at radius 1 is 1.33 bits per heavy atom. The van der Waals surface area contributed by atoms with Gasteiger partial charge in [-0.25, -0.2) is 0 Å². The van der Waals surface area contributed by atoms with Crippen molar-refractivity contribution in [2.24, 2.45) is 5.73 Å². The van der Waals surface area contributed by atoms with Gasteiger partial charge in [0.2, 0.25) is 6.79 Å². The fraction of sp³-hybridized carbons (Fsp3) is 0.571. The maximum Gasteiger partial charge on any atom is 0.231 e. The third kappa shape index (κ3) is 1.61. The Morgan fingerprint density at radius 2 is 2.06 bits per heavy atom. The van der Waals surface area contributed by atoms with Gasteiger partial charge in [0.25, 0.3) is 0 Å². The highest BCUT2D eigenvalue weighted by molar-refractivity contribution is 6.33. The molecule has 2 aliphatic rings. The van der Waals surface area contributed by atoms with Crippen LogP contribution in [0.25, 0.3) is 0 Å². The molecule has 18 heavy (non-hydrogen) atoms. The van der Waals surface area contributed by atoms with Crippen molar-refractivity contribution in [3.8, 4) is 11.5 Å². The first-order valence-electron chi connectivity index (χ1n) is 6.47. The predicted octanol–water partition coefficient (Wildman–Crippen LogP) is 3.15. The van der Waals surface area contributed by atoms with E-state index in [0.29, 0.717) is 17.3 Å². The van der Waals surface area contributed by atoms with E-state index >= 15 is 0 Å². The van der Waals surface area contributed by atoms with Gasteiger partial charge in [-0.05, 0) is 37.0 Å². The van der Waals surface area contributed by atoms with Crippen molar-refractivity contribution in [1.29, 1.82) is 0 Å². The standard InChI is InChI=1S/C14H18ClNO2/c1-9-6-10-13(18-8-17-10)12(15)11(9)14(7-16)4-2-3-5-14/h6H,2-5,7-8,16H2,1H3. The summed E-state index contributed by atoms with van der Waals surface area (Å²) in [7, 11) is 0. The number of aryl methyl sites for hydroxylation is 1. The Morgan fingerprint density at radius 3 is 2.72 bits per heavy atom. The van der Waals surface area contributed by atoms with E-state index in [2.05, 4.69) is 6.92 Å². The molecule has 1 aromatic carbocycles. The number of benzene rings is 1. The van der Waals surface area contributed by atoms with E-state index in [0.717, 1.165) is 24.2 Å². The molecule has 1 saturated carbocycles. The van der Waals surface area contributed by atoms with Crippen molar-refractivity contribution >= 4 is 11.6 Å². The Balaban J connectivity index is 2.17. The summed E-state index contributed by atoms with van der Waals surface area (Å²) in [5, 5.41) is 0.704. The molecule has 2 N–H and O–H groups in total. The van der Waals surface area contributed by atoms with Crippen LogP contribution in [0.3, 0.4) is 0 Å². The summed E-state index contributed by atoms with van der Waals surface area (Å²) >= 11 is 6.55. The zero-order chi connectivity index (χ0) is 12.8. The van der Waals surface area contributed by atoms with Gasteiger partial charge in [0.1, 0.15) is 0 Å². The minimum Gasteiger partial charge on any atom is -0.454 e. The summed E-state index contributed by atoms with van der Waals surface area (Å²) in [4.78, 5) is 0. The molecule has 3 rings (SSSR count). The fourth-order valence-electron chi connectivity index (χ4n) is 3.38.